The van der Waals surface area contributed by atoms with Gasteiger partial charge < -0.3 is 0 Å². The van der Waals surface area contributed by atoms with Crippen LogP contribution in [0.5, 0.6) is 0 Å². The molecule has 212 valence electrons. The minimum Gasteiger partial charge on any atom is -0.250 e. The van der Waals surface area contributed by atoms with Gasteiger partial charge in [0.15, 0.2) is 0 Å². The highest BCUT2D eigenvalue weighted by molar-refractivity contribution is 7.90. The van der Waals surface area contributed by atoms with Crippen LogP contribution in [0.2, 0.25) is 5.02 Å². The van der Waals surface area contributed by atoms with E-state index in [-0.39, 0.29) is 18.4 Å². The molecule has 4 rings (SSSR count). The quantitative estimate of drug-likeness (QED) is 0.309. The molecule has 40 heavy (non-hydrogen) atoms. The van der Waals surface area contributed by atoms with E-state index >= 15 is 0 Å². The summed E-state index contributed by atoms with van der Waals surface area (Å²) in [6.45, 7) is -0.348. The molecular weight excluding hydrogens is 591 g/mol. The average molecular weight is 614 g/mol. The molecule has 3 N–H and O–H groups in total. The van der Waals surface area contributed by atoms with Crippen LogP contribution in [-0.4, -0.2) is 52.4 Å². The Hall–Kier alpha value is -3.46. The molecule has 0 aliphatic carbocycles. The van der Waals surface area contributed by atoms with Gasteiger partial charge in [0.2, 0.25) is 16.0 Å². The Morgan fingerprint density at radius 2 is 1.70 bits per heavy atom. The molecule has 0 spiro atoms. The number of sulfonamides is 2. The van der Waals surface area contributed by atoms with Crippen LogP contribution >= 0.6 is 11.6 Å². The fourth-order valence-electron chi connectivity index (χ4n) is 3.93. The maximum absolute atomic E-state index is 13.2. The number of nitrogens with two attached hydrogens (primary N) is 1. The van der Waals surface area contributed by atoms with Crippen LogP contribution in [0.1, 0.15) is 22.6 Å². The van der Waals surface area contributed by atoms with Gasteiger partial charge in [0.25, 0.3) is 10.0 Å². The van der Waals surface area contributed by atoms with Gasteiger partial charge in [-0.3, -0.25) is 0 Å². The van der Waals surface area contributed by atoms with Crippen molar-refractivity contribution in [1.29, 1.82) is 0 Å². The highest BCUT2D eigenvalue weighted by Crippen LogP contribution is 2.31. The molecule has 0 saturated heterocycles. The number of alkyl halides is 3. The lowest BCUT2D eigenvalue weighted by Gasteiger charge is -2.20. The lowest BCUT2D eigenvalue weighted by Crippen LogP contribution is -2.41. The first kappa shape index (κ1) is 29.5. The second-order valence-corrected chi connectivity index (χ2v) is 12.6. The third-order valence-corrected chi connectivity index (χ3v) is 8.16. The fourth-order valence-corrected chi connectivity index (χ4v) is 5.47. The molecule has 1 aliphatic rings. The normalized spacial score (nSPS) is 16.6. The Kier molecular flexibility index (Phi) is 8.54. The zero-order valence-corrected chi connectivity index (χ0v) is 23.0. The number of rotatable bonds is 7. The second-order valence-electron chi connectivity index (χ2n) is 8.74. The molecule has 3 aromatic carbocycles. The van der Waals surface area contributed by atoms with Crippen molar-refractivity contribution in [3.63, 3.8) is 0 Å². The molecule has 9 nitrogen and oxygen atoms in total. The first-order chi connectivity index (χ1) is 18.7. The predicted molar refractivity (Wildman–Crippen MR) is 146 cm³/mol. The van der Waals surface area contributed by atoms with E-state index in [9.17, 15) is 30.0 Å². The number of hydrogen-bond donors (Lipinski definition) is 2. The number of benzene rings is 3. The molecule has 1 atom stereocenters. The van der Waals surface area contributed by atoms with Crippen molar-refractivity contribution in [2.24, 2.45) is 15.2 Å². The zero-order chi connectivity index (χ0) is 29.1. The van der Waals surface area contributed by atoms with Gasteiger partial charge in [-0.05, 0) is 41.5 Å². The number of nitrogens with zero attached hydrogens (tertiary/aromatic N) is 3. The van der Waals surface area contributed by atoms with Crippen molar-refractivity contribution in [2.75, 3.05) is 18.8 Å². The number of hydrazone groups is 1. The van der Waals surface area contributed by atoms with Crippen LogP contribution in [0.4, 0.5) is 13.2 Å². The Balaban J connectivity index is 1.75. The van der Waals surface area contributed by atoms with E-state index in [4.69, 9.17) is 16.7 Å². The van der Waals surface area contributed by atoms with E-state index < -0.39 is 49.0 Å². The van der Waals surface area contributed by atoms with Crippen LogP contribution in [0.3, 0.4) is 0 Å². The van der Waals surface area contributed by atoms with Crippen molar-refractivity contribution in [2.45, 2.75) is 17.0 Å². The van der Waals surface area contributed by atoms with Crippen molar-refractivity contribution in [3.05, 3.63) is 101 Å². The Labute approximate surface area is 234 Å². The Morgan fingerprint density at radius 1 is 1.02 bits per heavy atom. The summed E-state index contributed by atoms with van der Waals surface area (Å²) >= 11 is 6.04. The van der Waals surface area contributed by atoms with Gasteiger partial charge in [-0.1, -0.05) is 60.1 Å². The molecule has 0 bridgehead atoms. The molecule has 0 fully saturated rings. The standard InChI is InChI=1S/C25H23ClF3N5O4S2/c26-20-11-9-18(10-12-20)23-22(17-5-2-1-3-6-17)16-34(32-23)24(31-13-14-39(30,35)36)33-40(37,38)21-8-4-7-19(15-21)25(27,28)29/h1-12,15,22H,13-14,16H2,(H,31,33)(H2,30,35,36)/t22-/m1/s1. The molecule has 0 unspecified atom stereocenters. The van der Waals surface area contributed by atoms with Crippen molar-refractivity contribution in [1.82, 2.24) is 9.73 Å². The summed E-state index contributed by atoms with van der Waals surface area (Å²) in [6, 6.07) is 19.2. The molecule has 0 aromatic heterocycles. The van der Waals surface area contributed by atoms with Gasteiger partial charge in [-0.2, -0.15) is 18.3 Å². The van der Waals surface area contributed by atoms with Crippen LogP contribution in [0, 0.1) is 0 Å². The predicted octanol–water partition coefficient (Wildman–Crippen LogP) is 3.79. The molecular formula is C25H23ClF3N5O4S2. The molecule has 0 radical (unpaired) electrons. The average Bonchev–Trinajstić information content (AvgIpc) is 3.33. The molecule has 1 aliphatic heterocycles. The third kappa shape index (κ3) is 7.38. The van der Waals surface area contributed by atoms with Crippen LogP contribution in [-0.2, 0) is 26.2 Å². The molecule has 15 heteroatoms. The topological polar surface area (TPSA) is 134 Å². The summed E-state index contributed by atoms with van der Waals surface area (Å²) in [5.74, 6) is -1.36. The second kappa shape index (κ2) is 11.6. The van der Waals surface area contributed by atoms with Crippen LogP contribution < -0.4 is 9.86 Å². The molecule has 0 saturated carbocycles. The minimum absolute atomic E-state index is 0.0846. The van der Waals surface area contributed by atoms with Crippen molar-refractivity contribution in [3.8, 4) is 0 Å². The first-order valence-electron chi connectivity index (χ1n) is 11.6. The van der Waals surface area contributed by atoms with Gasteiger partial charge >= 0.3 is 6.18 Å². The molecule has 3 aromatic rings. The minimum atomic E-state index is -4.77. The lowest BCUT2D eigenvalue weighted by molar-refractivity contribution is -0.137. The van der Waals surface area contributed by atoms with E-state index in [2.05, 4.69) is 14.8 Å². The number of aliphatic imine (C=N–C) groups is 1. The summed E-state index contributed by atoms with van der Waals surface area (Å²) in [7, 11) is -8.55. The molecule has 1 heterocycles. The highest BCUT2D eigenvalue weighted by Gasteiger charge is 2.35. The largest absolute Gasteiger partial charge is 0.416 e. The van der Waals surface area contributed by atoms with Crippen LogP contribution in [0.15, 0.2) is 93.9 Å². The van der Waals surface area contributed by atoms with Crippen molar-refractivity contribution >= 4 is 43.3 Å². The van der Waals surface area contributed by atoms with E-state index in [0.29, 0.717) is 22.4 Å². The summed E-state index contributed by atoms with van der Waals surface area (Å²) in [4.78, 5) is 3.42. The lowest BCUT2D eigenvalue weighted by atomic mass is 9.91. The van der Waals surface area contributed by atoms with Gasteiger partial charge in [0.05, 0.1) is 35.0 Å². The zero-order valence-electron chi connectivity index (χ0n) is 20.6. The molecule has 0 amide bonds. The number of guanidine groups is 1. The maximum Gasteiger partial charge on any atom is 0.416 e. The van der Waals surface area contributed by atoms with Crippen LogP contribution in [0.25, 0.3) is 0 Å². The fraction of sp³-hybridized carbons (Fsp3) is 0.200. The first-order valence-corrected chi connectivity index (χ1v) is 15.2. The van der Waals surface area contributed by atoms with Gasteiger partial charge in [0.1, 0.15) is 0 Å². The number of primary sulfonamides is 1. The summed E-state index contributed by atoms with van der Waals surface area (Å²) < 4.78 is 91.2. The Morgan fingerprint density at radius 3 is 2.33 bits per heavy atom. The van der Waals surface area contributed by atoms with Crippen molar-refractivity contribution < 1.29 is 30.0 Å². The SMILES string of the molecule is NS(=O)(=O)CCN=C(NS(=O)(=O)c1cccc(C(F)(F)F)c1)N1C[C@H](c2ccccc2)C(c2ccc(Cl)cc2)=N1. The van der Waals surface area contributed by atoms with Gasteiger partial charge in [-0.15, -0.1) is 0 Å². The summed E-state index contributed by atoms with van der Waals surface area (Å²) in [5, 5.41) is 11.4. The Bertz CT molecular complexity index is 1650. The number of hydrogen-bond acceptors (Lipinski definition) is 6. The highest BCUT2D eigenvalue weighted by atomic mass is 35.5. The van der Waals surface area contributed by atoms with Gasteiger partial charge in [0, 0.05) is 10.9 Å². The third-order valence-electron chi connectivity index (χ3n) is 5.84. The van der Waals surface area contributed by atoms with E-state index in [1.54, 1.807) is 24.3 Å². The number of nitrogens with one attached hydrogen (secondary N) is 1. The number of halogens is 4. The van der Waals surface area contributed by atoms with Gasteiger partial charge in [-0.25, -0.2) is 36.7 Å². The monoisotopic (exact) mass is 613 g/mol. The smallest absolute Gasteiger partial charge is 0.250 e. The van der Waals surface area contributed by atoms with E-state index in [1.807, 2.05) is 30.3 Å². The summed E-state index contributed by atoms with van der Waals surface area (Å²) in [5.41, 5.74) is 0.922. The maximum atomic E-state index is 13.2. The summed E-state index contributed by atoms with van der Waals surface area (Å²) in [6.07, 6.45) is -4.77. The van der Waals surface area contributed by atoms with E-state index in [0.717, 1.165) is 23.8 Å². The van der Waals surface area contributed by atoms with E-state index in [1.165, 1.54) is 5.01 Å².